The van der Waals surface area contributed by atoms with Crippen LogP contribution in [0.15, 0.2) is 163 Å². The van der Waals surface area contributed by atoms with Gasteiger partial charge >= 0.3 is 0 Å². The van der Waals surface area contributed by atoms with Crippen LogP contribution in [0.5, 0.6) is 0 Å². The van der Waals surface area contributed by atoms with Crippen LogP contribution >= 0.6 is 11.3 Å². The summed E-state index contributed by atoms with van der Waals surface area (Å²) in [5.74, 6) is 2.04. The van der Waals surface area contributed by atoms with Crippen LogP contribution in [0.3, 0.4) is 0 Å². The lowest BCUT2D eigenvalue weighted by Gasteiger charge is -2.15. The highest BCUT2D eigenvalue weighted by Gasteiger charge is 2.21. The minimum atomic E-state index is 0.648. The molecule has 9 aromatic rings. The molecule has 256 valence electrons. The lowest BCUT2D eigenvalue weighted by Crippen LogP contribution is -2.05. The van der Waals surface area contributed by atoms with Gasteiger partial charge in [0.25, 0.3) is 0 Å². The number of fused-ring (bicyclic) bond motifs is 6. The fourth-order valence-electron chi connectivity index (χ4n) is 7.59. The van der Waals surface area contributed by atoms with Gasteiger partial charge in [0.2, 0.25) is 0 Å². The van der Waals surface area contributed by atoms with Gasteiger partial charge in [-0.25, -0.2) is 15.0 Å². The Hall–Kier alpha value is -6.69. The first-order valence-electron chi connectivity index (χ1n) is 18.1. The van der Waals surface area contributed by atoms with Gasteiger partial charge in [0, 0.05) is 31.5 Å². The van der Waals surface area contributed by atoms with Crippen molar-refractivity contribution < 1.29 is 4.42 Å². The normalized spacial score (nSPS) is 12.6. The highest BCUT2D eigenvalue weighted by atomic mass is 32.1. The average molecular weight is 712 g/mol. The van der Waals surface area contributed by atoms with Gasteiger partial charge in [0.1, 0.15) is 11.2 Å². The molecule has 0 saturated heterocycles. The third-order valence-corrected chi connectivity index (χ3v) is 11.6. The molecule has 3 aromatic heterocycles. The first-order valence-corrected chi connectivity index (χ1v) is 18.9. The Bertz CT molecular complexity index is 2980. The van der Waals surface area contributed by atoms with Crippen LogP contribution in [0, 0.1) is 0 Å². The van der Waals surface area contributed by atoms with Crippen LogP contribution in [-0.4, -0.2) is 15.0 Å². The van der Waals surface area contributed by atoms with Gasteiger partial charge in [0.05, 0.1) is 0 Å². The van der Waals surface area contributed by atoms with Crippen molar-refractivity contribution in [3.05, 3.63) is 181 Å². The van der Waals surface area contributed by atoms with Crippen molar-refractivity contribution in [2.45, 2.75) is 12.8 Å². The largest absolute Gasteiger partial charge is 0.456 e. The zero-order valence-electron chi connectivity index (χ0n) is 29.4. The van der Waals surface area contributed by atoms with Gasteiger partial charge < -0.3 is 4.42 Å². The van der Waals surface area contributed by atoms with Crippen molar-refractivity contribution in [3.63, 3.8) is 0 Å². The third-order valence-electron chi connectivity index (χ3n) is 10.3. The molecule has 0 spiro atoms. The molecule has 0 radical (unpaired) electrons. The number of hydrogen-bond donors (Lipinski definition) is 0. The topological polar surface area (TPSA) is 51.8 Å². The van der Waals surface area contributed by atoms with E-state index in [1.807, 2.05) is 35.6 Å². The molecule has 0 atom stereocenters. The predicted molar refractivity (Wildman–Crippen MR) is 226 cm³/mol. The molecule has 0 unspecified atom stereocenters. The van der Waals surface area contributed by atoms with Crippen LogP contribution in [0.2, 0.25) is 0 Å². The molecule has 0 aliphatic heterocycles. The highest BCUT2D eigenvalue weighted by molar-refractivity contribution is 7.19. The highest BCUT2D eigenvalue weighted by Crippen LogP contribution is 2.41. The van der Waals surface area contributed by atoms with Gasteiger partial charge in [-0.3, -0.25) is 0 Å². The Morgan fingerprint density at radius 3 is 2.20 bits per heavy atom. The monoisotopic (exact) mass is 711 g/mol. The van der Waals surface area contributed by atoms with Gasteiger partial charge in [-0.05, 0) is 105 Å². The van der Waals surface area contributed by atoms with E-state index in [1.54, 1.807) is 6.08 Å². The van der Waals surface area contributed by atoms with Crippen LogP contribution in [-0.2, 0) is 6.42 Å². The van der Waals surface area contributed by atoms with Crippen molar-refractivity contribution in [2.75, 3.05) is 0 Å². The summed E-state index contributed by atoms with van der Waals surface area (Å²) < 4.78 is 7.75. The van der Waals surface area contributed by atoms with E-state index in [1.165, 1.54) is 20.5 Å². The van der Waals surface area contributed by atoms with Crippen LogP contribution in [0.1, 0.15) is 28.2 Å². The number of aromatic nitrogens is 3. The van der Waals surface area contributed by atoms with E-state index in [0.717, 1.165) is 90.7 Å². The standard InChI is InChI=1S/C49H33N3OS/c1-3-30(2)32-14-9-15-33(26-32)34-22-24-42-41(28-34)46-38(19-11-20-43(46)53-42)35-16-10-17-36(27-35)48-50-47(31-12-5-4-6-13-31)51-49(52-48)37-23-25-45-40(29-37)39-18-7-8-21-44(39)54-45/h3-22,24,26-29H,1-2,23,25H2. The predicted octanol–water partition coefficient (Wildman–Crippen LogP) is 13.3. The van der Waals surface area contributed by atoms with Crippen LogP contribution in [0.25, 0.3) is 94.3 Å². The molecule has 0 fully saturated rings. The fourth-order valence-corrected chi connectivity index (χ4v) is 8.77. The summed E-state index contributed by atoms with van der Waals surface area (Å²) in [6, 6.07) is 48.5. The molecule has 10 rings (SSSR count). The molecule has 1 aliphatic rings. The van der Waals surface area contributed by atoms with Crippen molar-refractivity contribution in [1.29, 1.82) is 0 Å². The Labute approximate surface area is 317 Å². The van der Waals surface area contributed by atoms with Gasteiger partial charge in [0.15, 0.2) is 17.5 Å². The number of aryl methyl sites for hydroxylation is 1. The fraction of sp³-hybridized carbons (Fsp3) is 0.0408. The first-order chi connectivity index (χ1) is 26.6. The molecule has 0 N–H and O–H groups in total. The summed E-state index contributed by atoms with van der Waals surface area (Å²) in [6.45, 7) is 8.06. The Balaban J connectivity index is 1.10. The Morgan fingerprint density at radius 2 is 1.31 bits per heavy atom. The zero-order chi connectivity index (χ0) is 36.2. The smallest absolute Gasteiger partial charge is 0.164 e. The molecule has 0 bridgehead atoms. The van der Waals surface area contributed by atoms with Crippen LogP contribution in [0.4, 0.5) is 0 Å². The molecular weight excluding hydrogens is 679 g/mol. The lowest BCUT2D eigenvalue weighted by molar-refractivity contribution is 0.669. The lowest BCUT2D eigenvalue weighted by atomic mass is 9.95. The summed E-state index contributed by atoms with van der Waals surface area (Å²) in [7, 11) is 0. The van der Waals surface area contributed by atoms with Gasteiger partial charge in [-0.15, -0.1) is 11.3 Å². The van der Waals surface area contributed by atoms with Crippen molar-refractivity contribution >= 4 is 60.6 Å². The maximum Gasteiger partial charge on any atom is 0.164 e. The average Bonchev–Trinajstić information content (AvgIpc) is 3.81. The summed E-state index contributed by atoms with van der Waals surface area (Å²) in [6.07, 6.45) is 5.94. The minimum absolute atomic E-state index is 0.648. The van der Waals surface area contributed by atoms with E-state index in [0.29, 0.717) is 11.6 Å². The molecule has 54 heavy (non-hydrogen) atoms. The van der Waals surface area contributed by atoms with Crippen molar-refractivity contribution in [1.82, 2.24) is 15.0 Å². The van der Waals surface area contributed by atoms with E-state index < -0.39 is 0 Å². The maximum absolute atomic E-state index is 6.43. The second kappa shape index (κ2) is 13.1. The number of benzene rings is 6. The number of furan rings is 1. The summed E-state index contributed by atoms with van der Waals surface area (Å²) in [5.41, 5.74) is 12.3. The van der Waals surface area contributed by atoms with Crippen molar-refractivity contribution in [2.24, 2.45) is 0 Å². The summed E-state index contributed by atoms with van der Waals surface area (Å²) in [5, 5.41) is 3.43. The molecule has 6 aromatic carbocycles. The first kappa shape index (κ1) is 32.0. The molecular formula is C49H33N3OS. The Kier molecular flexibility index (Phi) is 7.74. The van der Waals surface area contributed by atoms with Crippen LogP contribution < -0.4 is 0 Å². The molecule has 5 heteroatoms. The zero-order valence-corrected chi connectivity index (χ0v) is 30.2. The van der Waals surface area contributed by atoms with E-state index in [2.05, 4.69) is 134 Å². The SMILES string of the molecule is C=CC(=C)c1cccc(-c2ccc3oc4cccc(-c5cccc(-c6nc(C7=Cc8c(sc9ccccc89)CC7)nc(-c7ccccc7)n6)c5)c4c3c2)c1. The second-order valence-electron chi connectivity index (χ2n) is 13.7. The molecule has 0 saturated carbocycles. The molecule has 4 nitrogen and oxygen atoms in total. The number of hydrogen-bond acceptors (Lipinski definition) is 5. The second-order valence-corrected chi connectivity index (χ2v) is 14.8. The number of rotatable bonds is 7. The molecule has 0 amide bonds. The number of nitrogens with zero attached hydrogens (tertiary/aromatic N) is 3. The molecule has 3 heterocycles. The summed E-state index contributed by atoms with van der Waals surface area (Å²) >= 11 is 1.89. The van der Waals surface area contributed by atoms with Gasteiger partial charge in [-0.1, -0.05) is 122 Å². The van der Waals surface area contributed by atoms with E-state index >= 15 is 0 Å². The van der Waals surface area contributed by atoms with Gasteiger partial charge in [-0.2, -0.15) is 0 Å². The van der Waals surface area contributed by atoms with E-state index in [-0.39, 0.29) is 0 Å². The maximum atomic E-state index is 6.43. The van der Waals surface area contributed by atoms with E-state index in [9.17, 15) is 0 Å². The third kappa shape index (κ3) is 5.58. The Morgan fingerprint density at radius 1 is 0.593 bits per heavy atom. The number of allylic oxidation sites excluding steroid dienone is 3. The number of thiophene rings is 1. The van der Waals surface area contributed by atoms with Crippen molar-refractivity contribution in [3.8, 4) is 45.0 Å². The molecule has 1 aliphatic carbocycles. The quantitative estimate of drug-likeness (QED) is 0.154. The minimum Gasteiger partial charge on any atom is -0.456 e. The van der Waals surface area contributed by atoms with E-state index in [4.69, 9.17) is 19.4 Å². The summed E-state index contributed by atoms with van der Waals surface area (Å²) in [4.78, 5) is 16.8.